The van der Waals surface area contributed by atoms with Crippen LogP contribution >= 0.6 is 0 Å². The zero-order valence-corrected chi connectivity index (χ0v) is 14.4. The smallest absolute Gasteiger partial charge is 0.225 e. The van der Waals surface area contributed by atoms with E-state index in [-0.39, 0.29) is 0 Å². The summed E-state index contributed by atoms with van der Waals surface area (Å²) in [6.07, 6.45) is 2.41. The van der Waals surface area contributed by atoms with E-state index in [9.17, 15) is 0 Å². The number of hydrogen-bond acceptors (Lipinski definition) is 6. The molecule has 0 spiro atoms. The number of benzene rings is 1. The van der Waals surface area contributed by atoms with E-state index < -0.39 is 0 Å². The van der Waals surface area contributed by atoms with Crippen LogP contribution in [-0.2, 0) is 4.74 Å². The second-order valence-electron chi connectivity index (χ2n) is 6.63. The van der Waals surface area contributed by atoms with Gasteiger partial charge in [0.05, 0.1) is 18.9 Å². The number of nitrogens with zero attached hydrogens (tertiary/aromatic N) is 3. The molecule has 132 valence electrons. The largest absolute Gasteiger partial charge is 0.379 e. The first-order valence-electron chi connectivity index (χ1n) is 9.12. The van der Waals surface area contributed by atoms with Crippen LogP contribution in [0.4, 0.5) is 11.8 Å². The lowest BCUT2D eigenvalue weighted by molar-refractivity contribution is 0.0398. The lowest BCUT2D eigenvalue weighted by atomic mass is 10.1. The first-order chi connectivity index (χ1) is 12.4. The number of rotatable bonds is 7. The number of nitrogens with one attached hydrogen (secondary N) is 2. The number of ether oxygens (including phenoxy) is 1. The molecule has 2 heterocycles. The molecule has 0 unspecified atom stereocenters. The Morgan fingerprint density at radius 3 is 2.64 bits per heavy atom. The van der Waals surface area contributed by atoms with Gasteiger partial charge in [-0.1, -0.05) is 30.3 Å². The molecule has 1 aliphatic carbocycles. The quantitative estimate of drug-likeness (QED) is 0.808. The summed E-state index contributed by atoms with van der Waals surface area (Å²) in [7, 11) is 0. The van der Waals surface area contributed by atoms with Gasteiger partial charge in [0.25, 0.3) is 0 Å². The fraction of sp³-hybridized carbons (Fsp3) is 0.474. The summed E-state index contributed by atoms with van der Waals surface area (Å²) >= 11 is 0. The first kappa shape index (κ1) is 16.3. The summed E-state index contributed by atoms with van der Waals surface area (Å²) in [5, 5.41) is 6.88. The van der Waals surface area contributed by atoms with Crippen molar-refractivity contribution in [1.82, 2.24) is 14.9 Å². The molecule has 2 N–H and O–H groups in total. The van der Waals surface area contributed by atoms with E-state index in [4.69, 9.17) is 9.72 Å². The lowest BCUT2D eigenvalue weighted by Crippen LogP contribution is -2.39. The topological polar surface area (TPSA) is 62.3 Å². The van der Waals surface area contributed by atoms with Crippen molar-refractivity contribution in [1.29, 1.82) is 0 Å². The van der Waals surface area contributed by atoms with Crippen molar-refractivity contribution in [3.63, 3.8) is 0 Å². The third-order valence-corrected chi connectivity index (χ3v) is 4.54. The Bertz CT molecular complexity index is 683. The Balaban J connectivity index is 1.45. The van der Waals surface area contributed by atoms with E-state index in [1.54, 1.807) is 0 Å². The molecule has 1 aliphatic heterocycles. The zero-order chi connectivity index (χ0) is 16.9. The molecule has 2 aromatic rings. The molecule has 0 bridgehead atoms. The SMILES string of the molecule is c1ccc(-c2cc(NCCN3CCOCC3)nc(NC3CC3)n2)cc1. The molecule has 25 heavy (non-hydrogen) atoms. The van der Waals surface area contributed by atoms with Crippen LogP contribution in [0.3, 0.4) is 0 Å². The number of hydrogen-bond donors (Lipinski definition) is 2. The van der Waals surface area contributed by atoms with E-state index in [0.29, 0.717) is 6.04 Å². The van der Waals surface area contributed by atoms with Gasteiger partial charge in [0.1, 0.15) is 5.82 Å². The number of aromatic nitrogens is 2. The molecule has 0 amide bonds. The van der Waals surface area contributed by atoms with Crippen LogP contribution in [0, 0.1) is 0 Å². The summed E-state index contributed by atoms with van der Waals surface area (Å²) in [5.41, 5.74) is 2.06. The monoisotopic (exact) mass is 339 g/mol. The van der Waals surface area contributed by atoms with Crippen LogP contribution in [0.2, 0.25) is 0 Å². The van der Waals surface area contributed by atoms with Gasteiger partial charge in [-0.05, 0) is 12.8 Å². The highest BCUT2D eigenvalue weighted by atomic mass is 16.5. The van der Waals surface area contributed by atoms with Gasteiger partial charge in [0, 0.05) is 43.9 Å². The van der Waals surface area contributed by atoms with Gasteiger partial charge >= 0.3 is 0 Å². The molecule has 0 radical (unpaired) electrons. The highest BCUT2D eigenvalue weighted by Gasteiger charge is 2.22. The van der Waals surface area contributed by atoms with Crippen molar-refractivity contribution in [2.45, 2.75) is 18.9 Å². The molecule has 2 aliphatic rings. The summed E-state index contributed by atoms with van der Waals surface area (Å²) in [6, 6.07) is 12.8. The standard InChI is InChI=1S/C19H25N5O/c1-2-4-15(5-3-1)17-14-18(23-19(22-17)21-16-6-7-16)20-8-9-24-10-12-25-13-11-24/h1-5,14,16H,6-13H2,(H2,20,21,22,23). The maximum atomic E-state index is 5.40. The lowest BCUT2D eigenvalue weighted by Gasteiger charge is -2.26. The molecule has 1 saturated heterocycles. The predicted molar refractivity (Wildman–Crippen MR) is 99.9 cm³/mol. The average molecular weight is 339 g/mol. The van der Waals surface area contributed by atoms with Crippen molar-refractivity contribution in [2.24, 2.45) is 0 Å². The van der Waals surface area contributed by atoms with Crippen molar-refractivity contribution in [3.05, 3.63) is 36.4 Å². The van der Waals surface area contributed by atoms with Gasteiger partial charge in [-0.3, -0.25) is 4.90 Å². The summed E-state index contributed by atoms with van der Waals surface area (Å²) in [5.74, 6) is 1.60. The van der Waals surface area contributed by atoms with E-state index in [1.807, 2.05) is 24.3 Å². The van der Waals surface area contributed by atoms with E-state index in [1.165, 1.54) is 12.8 Å². The first-order valence-corrected chi connectivity index (χ1v) is 9.12. The number of morpholine rings is 1. The fourth-order valence-corrected chi connectivity index (χ4v) is 2.94. The maximum absolute atomic E-state index is 5.40. The number of anilines is 2. The minimum absolute atomic E-state index is 0.534. The van der Waals surface area contributed by atoms with Gasteiger partial charge in [0.2, 0.25) is 5.95 Å². The van der Waals surface area contributed by atoms with Gasteiger partial charge in [0.15, 0.2) is 0 Å². The van der Waals surface area contributed by atoms with E-state index in [2.05, 4.69) is 32.7 Å². The molecule has 0 atom stereocenters. The second-order valence-corrected chi connectivity index (χ2v) is 6.63. The van der Waals surface area contributed by atoms with Crippen molar-refractivity contribution < 1.29 is 4.74 Å². The Morgan fingerprint density at radius 1 is 1.08 bits per heavy atom. The van der Waals surface area contributed by atoms with Crippen LogP contribution in [0.1, 0.15) is 12.8 Å². The van der Waals surface area contributed by atoms with Crippen LogP contribution in [0.5, 0.6) is 0 Å². The summed E-state index contributed by atoms with van der Waals surface area (Å²) < 4.78 is 5.40. The highest BCUT2D eigenvalue weighted by Crippen LogP contribution is 2.26. The van der Waals surface area contributed by atoms with Crippen LogP contribution in [0.25, 0.3) is 11.3 Å². The maximum Gasteiger partial charge on any atom is 0.225 e. The van der Waals surface area contributed by atoms with Gasteiger partial charge in [-0.25, -0.2) is 4.98 Å². The van der Waals surface area contributed by atoms with Crippen LogP contribution < -0.4 is 10.6 Å². The molecule has 1 aromatic heterocycles. The Kier molecular flexibility index (Phi) is 5.09. The van der Waals surface area contributed by atoms with E-state index >= 15 is 0 Å². The Labute approximate surface area is 148 Å². The molecule has 4 rings (SSSR count). The van der Waals surface area contributed by atoms with Crippen LogP contribution in [-0.4, -0.2) is 60.3 Å². The van der Waals surface area contributed by atoms with Gasteiger partial charge in [-0.15, -0.1) is 0 Å². The minimum atomic E-state index is 0.534. The molecule has 1 saturated carbocycles. The van der Waals surface area contributed by atoms with Crippen molar-refractivity contribution in [2.75, 3.05) is 50.0 Å². The van der Waals surface area contributed by atoms with Gasteiger partial charge < -0.3 is 15.4 Å². The average Bonchev–Trinajstić information content (AvgIpc) is 3.47. The molecular formula is C19H25N5O. The van der Waals surface area contributed by atoms with Crippen molar-refractivity contribution in [3.8, 4) is 11.3 Å². The Morgan fingerprint density at radius 2 is 1.88 bits per heavy atom. The molecule has 6 heteroatoms. The second kappa shape index (κ2) is 7.80. The third kappa shape index (κ3) is 4.67. The summed E-state index contributed by atoms with van der Waals surface area (Å²) in [6.45, 7) is 5.56. The third-order valence-electron chi connectivity index (χ3n) is 4.54. The molecule has 2 fully saturated rings. The Hall–Kier alpha value is -2.18. The van der Waals surface area contributed by atoms with Gasteiger partial charge in [-0.2, -0.15) is 4.98 Å². The highest BCUT2D eigenvalue weighted by molar-refractivity contribution is 5.64. The van der Waals surface area contributed by atoms with Crippen molar-refractivity contribution >= 4 is 11.8 Å². The zero-order valence-electron chi connectivity index (χ0n) is 14.4. The fourth-order valence-electron chi connectivity index (χ4n) is 2.94. The van der Waals surface area contributed by atoms with E-state index in [0.717, 1.165) is 62.4 Å². The molecule has 6 nitrogen and oxygen atoms in total. The molecular weight excluding hydrogens is 314 g/mol. The normalized spacial score (nSPS) is 18.1. The summed E-state index contributed by atoms with van der Waals surface area (Å²) in [4.78, 5) is 11.8. The predicted octanol–water partition coefficient (Wildman–Crippen LogP) is 2.46. The minimum Gasteiger partial charge on any atom is -0.379 e. The van der Waals surface area contributed by atoms with Crippen LogP contribution in [0.15, 0.2) is 36.4 Å². The molecule has 1 aromatic carbocycles.